The molecule has 0 unspecified atom stereocenters. The lowest BCUT2D eigenvalue weighted by atomic mass is 10.2. The summed E-state index contributed by atoms with van der Waals surface area (Å²) in [7, 11) is 1.55. The number of carbonyl (C=O) groups is 2. The molecular formula is C17H15N3O4. The van der Waals surface area contributed by atoms with Gasteiger partial charge in [0, 0.05) is 18.3 Å². The van der Waals surface area contributed by atoms with Gasteiger partial charge in [0.15, 0.2) is 5.58 Å². The van der Waals surface area contributed by atoms with Crippen molar-refractivity contribution in [1.82, 2.24) is 9.88 Å². The van der Waals surface area contributed by atoms with Crippen LogP contribution in [-0.4, -0.2) is 23.4 Å². The Hall–Kier alpha value is -3.35. The van der Waals surface area contributed by atoms with Gasteiger partial charge >= 0.3 is 5.76 Å². The van der Waals surface area contributed by atoms with Crippen LogP contribution in [0.5, 0.6) is 0 Å². The normalized spacial score (nSPS) is 10.5. The van der Waals surface area contributed by atoms with Crippen LogP contribution in [0, 0.1) is 0 Å². The summed E-state index contributed by atoms with van der Waals surface area (Å²) in [5.41, 5.74) is 2.03. The van der Waals surface area contributed by atoms with E-state index < -0.39 is 5.76 Å². The van der Waals surface area contributed by atoms with Crippen LogP contribution in [-0.2, 0) is 11.3 Å². The number of benzene rings is 2. The summed E-state index contributed by atoms with van der Waals surface area (Å²) < 4.78 is 6.35. The molecular weight excluding hydrogens is 310 g/mol. The standard InChI is InChI=1S/C17H15N3O4/c1-18-16(22)11-6-8-12(9-7-11)19-15(21)10-20-13-4-2-3-5-14(13)24-17(20)23/h2-9H,10H2,1H3,(H,18,22)(H,19,21). The van der Waals surface area contributed by atoms with Gasteiger partial charge in [-0.15, -0.1) is 0 Å². The molecule has 0 aliphatic heterocycles. The maximum absolute atomic E-state index is 12.2. The highest BCUT2D eigenvalue weighted by Crippen LogP contribution is 2.13. The molecule has 122 valence electrons. The number of anilines is 1. The van der Waals surface area contributed by atoms with Gasteiger partial charge < -0.3 is 15.1 Å². The molecule has 1 heterocycles. The molecule has 0 aliphatic rings. The second-order valence-corrected chi connectivity index (χ2v) is 5.13. The first-order chi connectivity index (χ1) is 11.6. The van der Waals surface area contributed by atoms with Gasteiger partial charge in [0.2, 0.25) is 5.91 Å². The van der Waals surface area contributed by atoms with Crippen molar-refractivity contribution in [2.75, 3.05) is 12.4 Å². The predicted molar refractivity (Wildman–Crippen MR) is 88.9 cm³/mol. The summed E-state index contributed by atoms with van der Waals surface area (Å²) in [6.07, 6.45) is 0. The predicted octanol–water partition coefficient (Wildman–Crippen LogP) is 1.59. The van der Waals surface area contributed by atoms with Crippen molar-refractivity contribution in [1.29, 1.82) is 0 Å². The fourth-order valence-corrected chi connectivity index (χ4v) is 2.36. The van der Waals surface area contributed by atoms with E-state index in [1.165, 1.54) is 4.57 Å². The maximum Gasteiger partial charge on any atom is 0.420 e. The molecule has 0 bridgehead atoms. The van der Waals surface area contributed by atoms with Gasteiger partial charge in [-0.3, -0.25) is 14.2 Å². The third-order valence-electron chi connectivity index (χ3n) is 3.53. The zero-order valence-corrected chi connectivity index (χ0v) is 12.9. The van der Waals surface area contributed by atoms with Crippen LogP contribution < -0.4 is 16.4 Å². The van der Waals surface area contributed by atoms with Crippen molar-refractivity contribution in [3.63, 3.8) is 0 Å². The van der Waals surface area contributed by atoms with E-state index in [9.17, 15) is 14.4 Å². The second-order valence-electron chi connectivity index (χ2n) is 5.13. The summed E-state index contributed by atoms with van der Waals surface area (Å²) in [4.78, 5) is 35.5. The Morgan fingerprint density at radius 2 is 1.79 bits per heavy atom. The second kappa shape index (κ2) is 6.41. The van der Waals surface area contributed by atoms with Crippen LogP contribution in [0.15, 0.2) is 57.7 Å². The molecule has 2 aromatic carbocycles. The average Bonchev–Trinajstić information content (AvgIpc) is 2.90. The number of nitrogens with zero attached hydrogens (tertiary/aromatic N) is 1. The zero-order valence-electron chi connectivity index (χ0n) is 12.9. The van der Waals surface area contributed by atoms with E-state index in [0.717, 1.165) is 0 Å². The van der Waals surface area contributed by atoms with Crippen LogP contribution in [0.3, 0.4) is 0 Å². The SMILES string of the molecule is CNC(=O)c1ccc(NC(=O)Cn2c(=O)oc3ccccc32)cc1. The molecule has 2 amide bonds. The van der Waals surface area contributed by atoms with E-state index in [4.69, 9.17) is 4.42 Å². The number of carbonyl (C=O) groups excluding carboxylic acids is 2. The van der Waals surface area contributed by atoms with Crippen molar-refractivity contribution < 1.29 is 14.0 Å². The van der Waals surface area contributed by atoms with Crippen LogP contribution in [0.25, 0.3) is 11.1 Å². The number of nitrogens with one attached hydrogen (secondary N) is 2. The number of aromatic nitrogens is 1. The topological polar surface area (TPSA) is 93.3 Å². The summed E-state index contributed by atoms with van der Waals surface area (Å²) >= 11 is 0. The Bertz CT molecular complexity index is 954. The molecule has 0 saturated carbocycles. The highest BCUT2D eigenvalue weighted by atomic mass is 16.4. The Balaban J connectivity index is 1.74. The smallest absolute Gasteiger partial charge is 0.408 e. The Morgan fingerprint density at radius 3 is 2.50 bits per heavy atom. The monoisotopic (exact) mass is 325 g/mol. The summed E-state index contributed by atoms with van der Waals surface area (Å²) in [6.45, 7) is -0.160. The van der Waals surface area contributed by atoms with Gasteiger partial charge in [-0.2, -0.15) is 0 Å². The number of fused-ring (bicyclic) bond motifs is 1. The minimum absolute atomic E-state index is 0.160. The molecule has 1 aromatic heterocycles. The minimum atomic E-state index is -0.582. The van der Waals surface area contributed by atoms with Crippen molar-refractivity contribution in [3.8, 4) is 0 Å². The molecule has 0 fully saturated rings. The average molecular weight is 325 g/mol. The van der Waals surface area contributed by atoms with Gasteiger partial charge in [0.05, 0.1) is 5.52 Å². The van der Waals surface area contributed by atoms with Crippen molar-refractivity contribution in [2.24, 2.45) is 0 Å². The van der Waals surface area contributed by atoms with E-state index in [-0.39, 0.29) is 18.4 Å². The zero-order chi connectivity index (χ0) is 17.1. The van der Waals surface area contributed by atoms with E-state index in [2.05, 4.69) is 10.6 Å². The highest BCUT2D eigenvalue weighted by molar-refractivity contribution is 5.95. The Kier molecular flexibility index (Phi) is 4.15. The van der Waals surface area contributed by atoms with Gasteiger partial charge in [0.1, 0.15) is 6.54 Å². The van der Waals surface area contributed by atoms with Gasteiger partial charge in [-0.05, 0) is 36.4 Å². The largest absolute Gasteiger partial charge is 0.420 e. The van der Waals surface area contributed by atoms with Gasteiger partial charge in [0.25, 0.3) is 5.91 Å². The van der Waals surface area contributed by atoms with E-state index in [1.54, 1.807) is 55.6 Å². The molecule has 24 heavy (non-hydrogen) atoms. The number of rotatable bonds is 4. The lowest BCUT2D eigenvalue weighted by Crippen LogP contribution is -2.24. The molecule has 0 spiro atoms. The number of para-hydroxylation sites is 2. The van der Waals surface area contributed by atoms with Crippen LogP contribution in [0.1, 0.15) is 10.4 Å². The number of oxazole rings is 1. The third kappa shape index (κ3) is 3.05. The van der Waals surface area contributed by atoms with E-state index >= 15 is 0 Å². The molecule has 0 saturated heterocycles. The van der Waals surface area contributed by atoms with Gasteiger partial charge in [-0.1, -0.05) is 12.1 Å². The molecule has 0 aliphatic carbocycles. The Labute approximate surface area is 136 Å². The molecule has 7 heteroatoms. The van der Waals surface area contributed by atoms with Crippen LogP contribution in [0.4, 0.5) is 5.69 Å². The fourth-order valence-electron chi connectivity index (χ4n) is 2.36. The molecule has 0 atom stereocenters. The molecule has 0 radical (unpaired) electrons. The number of hydrogen-bond donors (Lipinski definition) is 2. The number of amides is 2. The minimum Gasteiger partial charge on any atom is -0.408 e. The van der Waals surface area contributed by atoms with E-state index in [0.29, 0.717) is 22.4 Å². The van der Waals surface area contributed by atoms with Crippen LogP contribution in [0.2, 0.25) is 0 Å². The van der Waals surface area contributed by atoms with Crippen molar-refractivity contribution in [2.45, 2.75) is 6.54 Å². The first-order valence-corrected chi connectivity index (χ1v) is 7.29. The lowest BCUT2D eigenvalue weighted by Gasteiger charge is -2.06. The summed E-state index contributed by atoms with van der Waals surface area (Å²) in [5, 5.41) is 5.20. The molecule has 3 rings (SSSR count). The Morgan fingerprint density at radius 1 is 1.08 bits per heavy atom. The first-order valence-electron chi connectivity index (χ1n) is 7.29. The van der Waals surface area contributed by atoms with Gasteiger partial charge in [-0.25, -0.2) is 4.79 Å². The van der Waals surface area contributed by atoms with Crippen LogP contribution >= 0.6 is 0 Å². The first kappa shape index (κ1) is 15.5. The quantitative estimate of drug-likeness (QED) is 0.762. The van der Waals surface area contributed by atoms with Crippen molar-refractivity contribution >= 4 is 28.6 Å². The lowest BCUT2D eigenvalue weighted by molar-refractivity contribution is -0.116. The van der Waals surface area contributed by atoms with E-state index in [1.807, 2.05) is 0 Å². The molecule has 2 N–H and O–H groups in total. The molecule has 3 aromatic rings. The van der Waals surface area contributed by atoms with Crippen molar-refractivity contribution in [3.05, 3.63) is 64.6 Å². The maximum atomic E-state index is 12.2. The fraction of sp³-hybridized carbons (Fsp3) is 0.118. The highest BCUT2D eigenvalue weighted by Gasteiger charge is 2.12. The summed E-state index contributed by atoms with van der Waals surface area (Å²) in [6, 6.07) is 13.4. The summed E-state index contributed by atoms with van der Waals surface area (Å²) in [5.74, 6) is -1.15. The molecule has 7 nitrogen and oxygen atoms in total. The third-order valence-corrected chi connectivity index (χ3v) is 3.53. The number of hydrogen-bond acceptors (Lipinski definition) is 4.